The smallest absolute Gasteiger partial charge is 0.145 e. The highest BCUT2D eigenvalue weighted by atomic mass is 16.1. The van der Waals surface area contributed by atoms with Crippen LogP contribution in [0.4, 0.5) is 0 Å². The molecule has 0 spiro atoms. The fourth-order valence-corrected chi connectivity index (χ4v) is 0.978. The molecule has 0 N–H and O–H groups in total. The second-order valence-corrected chi connectivity index (χ2v) is 2.72. The topological polar surface area (TPSA) is 17.1 Å². The van der Waals surface area contributed by atoms with Crippen molar-refractivity contribution in [3.63, 3.8) is 0 Å². The number of aldehydes is 1. The van der Waals surface area contributed by atoms with E-state index in [1.54, 1.807) is 0 Å². The van der Waals surface area contributed by atoms with Gasteiger partial charge in [0.15, 0.2) is 0 Å². The lowest BCUT2D eigenvalue weighted by atomic mass is 10.00. The van der Waals surface area contributed by atoms with Crippen molar-refractivity contribution >= 4 is 6.29 Å². The van der Waals surface area contributed by atoms with Gasteiger partial charge < -0.3 is 0 Å². The predicted molar refractivity (Wildman–Crippen MR) is 48.4 cm³/mol. The van der Waals surface area contributed by atoms with Gasteiger partial charge in [0.1, 0.15) is 6.29 Å². The zero-order chi connectivity index (χ0) is 8.69. The number of hydrogen-bond donors (Lipinski definition) is 0. The lowest BCUT2D eigenvalue weighted by Gasteiger charge is -2.05. The maximum absolute atomic E-state index is 10.3. The average molecular weight is 152 g/mol. The van der Waals surface area contributed by atoms with Crippen molar-refractivity contribution in [2.45, 2.75) is 26.7 Å². The maximum atomic E-state index is 10.3. The van der Waals surface area contributed by atoms with Crippen molar-refractivity contribution < 1.29 is 4.79 Å². The average Bonchev–Trinajstić information content (AvgIpc) is 2.03. The highest BCUT2D eigenvalue weighted by molar-refractivity contribution is 5.72. The first kappa shape index (κ1) is 10.2. The van der Waals surface area contributed by atoms with Crippen LogP contribution in [-0.2, 0) is 4.79 Å². The van der Waals surface area contributed by atoms with Gasteiger partial charge in [-0.25, -0.2) is 0 Å². The molecule has 0 aliphatic heterocycles. The van der Waals surface area contributed by atoms with Crippen LogP contribution >= 0.6 is 0 Å². The summed E-state index contributed by atoms with van der Waals surface area (Å²) in [5, 5.41) is 0. The van der Waals surface area contributed by atoms with Crippen molar-refractivity contribution in [3.05, 3.63) is 24.3 Å². The number of carbonyl (C=O) groups excluding carboxylic acids is 1. The molecule has 0 saturated carbocycles. The predicted octanol–water partition coefficient (Wildman–Crippen LogP) is 2.73. The van der Waals surface area contributed by atoms with E-state index in [0.717, 1.165) is 24.7 Å². The molecule has 0 bridgehead atoms. The Morgan fingerprint density at radius 1 is 1.64 bits per heavy atom. The van der Waals surface area contributed by atoms with Crippen LogP contribution in [0, 0.1) is 5.92 Å². The molecule has 0 fully saturated rings. The standard InChI is InChI=1S/C10H16O/c1-4-6-10(5-2)7-9(3)8-11/h4,7-8,10H,1,5-6H2,2-3H3. The largest absolute Gasteiger partial charge is 0.298 e. The fourth-order valence-electron chi connectivity index (χ4n) is 0.978. The molecule has 0 aromatic heterocycles. The Hall–Kier alpha value is -0.850. The minimum absolute atomic E-state index is 0.484. The third kappa shape index (κ3) is 4.54. The number of carbonyl (C=O) groups is 1. The van der Waals surface area contributed by atoms with Crippen LogP contribution in [-0.4, -0.2) is 6.29 Å². The molecule has 0 aliphatic carbocycles. The Labute approximate surface area is 68.8 Å². The molecule has 1 unspecified atom stereocenters. The molecule has 0 radical (unpaired) electrons. The van der Waals surface area contributed by atoms with Crippen LogP contribution in [0.1, 0.15) is 26.7 Å². The van der Waals surface area contributed by atoms with E-state index in [1.165, 1.54) is 0 Å². The van der Waals surface area contributed by atoms with E-state index >= 15 is 0 Å². The summed E-state index contributed by atoms with van der Waals surface area (Å²) in [5.74, 6) is 0.484. The minimum Gasteiger partial charge on any atom is -0.298 e. The molecule has 1 nitrogen and oxygen atoms in total. The van der Waals surface area contributed by atoms with Crippen LogP contribution in [0.2, 0.25) is 0 Å². The normalized spacial score (nSPS) is 14.2. The van der Waals surface area contributed by atoms with Gasteiger partial charge in [0, 0.05) is 0 Å². The molecular weight excluding hydrogens is 136 g/mol. The summed E-state index contributed by atoms with van der Waals surface area (Å²) in [5.41, 5.74) is 0.818. The van der Waals surface area contributed by atoms with Gasteiger partial charge >= 0.3 is 0 Å². The molecule has 11 heavy (non-hydrogen) atoms. The van der Waals surface area contributed by atoms with Crippen molar-refractivity contribution in [3.8, 4) is 0 Å². The minimum atomic E-state index is 0.484. The summed E-state index contributed by atoms with van der Waals surface area (Å²) in [6.45, 7) is 7.61. The SMILES string of the molecule is C=CCC(C=C(C)C=O)CC. The summed E-state index contributed by atoms with van der Waals surface area (Å²) in [6, 6.07) is 0. The van der Waals surface area contributed by atoms with Gasteiger partial charge in [-0.15, -0.1) is 6.58 Å². The van der Waals surface area contributed by atoms with Crippen molar-refractivity contribution in [1.82, 2.24) is 0 Å². The highest BCUT2D eigenvalue weighted by Crippen LogP contribution is 2.11. The molecule has 0 aliphatic rings. The quantitative estimate of drug-likeness (QED) is 0.336. The van der Waals surface area contributed by atoms with Crippen LogP contribution in [0.25, 0.3) is 0 Å². The van der Waals surface area contributed by atoms with E-state index in [-0.39, 0.29) is 0 Å². The molecule has 0 heterocycles. The lowest BCUT2D eigenvalue weighted by Crippen LogP contribution is -1.93. The first-order valence-electron chi connectivity index (χ1n) is 3.99. The molecule has 0 aromatic rings. The second-order valence-electron chi connectivity index (χ2n) is 2.72. The van der Waals surface area contributed by atoms with E-state index < -0.39 is 0 Å². The zero-order valence-corrected chi connectivity index (χ0v) is 7.34. The van der Waals surface area contributed by atoms with Gasteiger partial charge in [-0.2, -0.15) is 0 Å². The molecule has 0 rings (SSSR count). The summed E-state index contributed by atoms with van der Waals surface area (Å²) < 4.78 is 0. The van der Waals surface area contributed by atoms with E-state index in [4.69, 9.17) is 0 Å². The molecule has 62 valence electrons. The van der Waals surface area contributed by atoms with Crippen molar-refractivity contribution in [1.29, 1.82) is 0 Å². The first-order valence-corrected chi connectivity index (χ1v) is 3.99. The summed E-state index contributed by atoms with van der Waals surface area (Å²) in [7, 11) is 0. The van der Waals surface area contributed by atoms with E-state index in [1.807, 2.05) is 19.1 Å². The number of allylic oxidation sites excluding steroid dienone is 3. The molecule has 0 amide bonds. The van der Waals surface area contributed by atoms with Crippen molar-refractivity contribution in [2.75, 3.05) is 0 Å². The van der Waals surface area contributed by atoms with E-state index in [2.05, 4.69) is 13.5 Å². The Bertz CT molecular complexity index is 156. The fraction of sp³-hybridized carbons (Fsp3) is 0.500. The third-order valence-corrected chi connectivity index (χ3v) is 1.68. The van der Waals surface area contributed by atoms with Gasteiger partial charge in [0.05, 0.1) is 0 Å². The lowest BCUT2D eigenvalue weighted by molar-refractivity contribution is -0.104. The maximum Gasteiger partial charge on any atom is 0.145 e. The molecular formula is C10H16O. The summed E-state index contributed by atoms with van der Waals surface area (Å²) >= 11 is 0. The zero-order valence-electron chi connectivity index (χ0n) is 7.34. The van der Waals surface area contributed by atoms with E-state index in [9.17, 15) is 4.79 Å². The van der Waals surface area contributed by atoms with Gasteiger partial charge in [0.25, 0.3) is 0 Å². The molecule has 0 aromatic carbocycles. The van der Waals surface area contributed by atoms with Crippen LogP contribution < -0.4 is 0 Å². The Morgan fingerprint density at radius 3 is 2.64 bits per heavy atom. The van der Waals surface area contributed by atoms with Crippen LogP contribution in [0.15, 0.2) is 24.3 Å². The van der Waals surface area contributed by atoms with Crippen LogP contribution in [0.3, 0.4) is 0 Å². The van der Waals surface area contributed by atoms with Gasteiger partial charge in [0.2, 0.25) is 0 Å². The number of hydrogen-bond acceptors (Lipinski definition) is 1. The first-order chi connectivity index (χ1) is 5.24. The molecule has 0 saturated heterocycles. The second kappa shape index (κ2) is 5.90. The summed E-state index contributed by atoms with van der Waals surface area (Å²) in [4.78, 5) is 10.3. The Balaban J connectivity index is 4.03. The third-order valence-electron chi connectivity index (χ3n) is 1.68. The Kier molecular flexibility index (Phi) is 5.44. The molecule has 1 heteroatoms. The van der Waals surface area contributed by atoms with Gasteiger partial charge in [-0.3, -0.25) is 4.79 Å². The number of rotatable bonds is 5. The Morgan fingerprint density at radius 2 is 2.27 bits per heavy atom. The molecule has 1 atom stereocenters. The van der Waals surface area contributed by atoms with Gasteiger partial charge in [-0.1, -0.05) is 19.1 Å². The van der Waals surface area contributed by atoms with E-state index in [0.29, 0.717) is 5.92 Å². The summed E-state index contributed by atoms with van der Waals surface area (Å²) in [6.07, 6.45) is 6.82. The highest BCUT2D eigenvalue weighted by Gasteiger charge is 1.99. The van der Waals surface area contributed by atoms with Crippen LogP contribution in [0.5, 0.6) is 0 Å². The van der Waals surface area contributed by atoms with Crippen molar-refractivity contribution in [2.24, 2.45) is 5.92 Å². The monoisotopic (exact) mass is 152 g/mol. The van der Waals surface area contributed by atoms with Gasteiger partial charge in [-0.05, 0) is 31.3 Å².